The molecule has 1 aliphatic rings. The monoisotopic (exact) mass is 272 g/mol. The quantitative estimate of drug-likeness (QED) is 0.624. The largest absolute Gasteiger partial charge is 0.422 e. The van der Waals surface area contributed by atoms with Crippen LogP contribution in [0, 0.1) is 0 Å². The Bertz CT molecular complexity index is 734. The summed E-state index contributed by atoms with van der Waals surface area (Å²) in [6.45, 7) is 1.81. The van der Waals surface area contributed by atoms with Gasteiger partial charge in [-0.25, -0.2) is 4.79 Å². The first-order valence-corrected chi connectivity index (χ1v) is 7.00. The summed E-state index contributed by atoms with van der Waals surface area (Å²) in [5.74, 6) is 0.869. The summed E-state index contributed by atoms with van der Waals surface area (Å²) in [5, 5.41) is 0.897. The van der Waals surface area contributed by atoms with E-state index < -0.39 is 0 Å². The zero-order chi connectivity index (χ0) is 13.2. The van der Waals surface area contributed by atoms with Crippen molar-refractivity contribution in [1.82, 2.24) is 0 Å². The molecule has 0 spiro atoms. The average molecular weight is 272 g/mol. The molecule has 0 saturated carbocycles. The molecule has 0 bridgehead atoms. The zero-order valence-corrected chi connectivity index (χ0v) is 11.2. The first kappa shape index (κ1) is 12.2. The van der Waals surface area contributed by atoms with E-state index in [-0.39, 0.29) is 11.1 Å². The Kier molecular flexibility index (Phi) is 3.21. The van der Waals surface area contributed by atoms with Crippen molar-refractivity contribution in [3.63, 3.8) is 0 Å². The van der Waals surface area contributed by atoms with Crippen LogP contribution in [0.4, 0.5) is 0 Å². The van der Waals surface area contributed by atoms with Crippen LogP contribution in [0.5, 0.6) is 0 Å². The van der Waals surface area contributed by atoms with E-state index in [9.17, 15) is 4.79 Å². The van der Waals surface area contributed by atoms with Crippen LogP contribution in [0.3, 0.4) is 0 Å². The minimum atomic E-state index is -0.355. The molecule has 1 aliphatic heterocycles. The first-order chi connectivity index (χ1) is 9.24. The fraction of sp³-hybridized carbons (Fsp3) is 0.214. The van der Waals surface area contributed by atoms with E-state index in [1.807, 2.05) is 37.4 Å². The second-order valence-corrected chi connectivity index (χ2v) is 5.28. The Morgan fingerprint density at radius 1 is 1.47 bits per heavy atom. The van der Waals surface area contributed by atoms with Crippen LogP contribution >= 0.6 is 11.8 Å². The minimum absolute atomic E-state index is 0.133. The third kappa shape index (κ3) is 2.46. The van der Waals surface area contributed by atoms with Crippen molar-refractivity contribution in [2.45, 2.75) is 12.4 Å². The van der Waals surface area contributed by atoms with Crippen LogP contribution in [0.1, 0.15) is 12.5 Å². The standard InChI is InChI=1S/C14H12N2O2S/c1-9(16-14-15-6-7-19-14)11-8-10-4-2-3-5-12(10)18-13(11)17/h2-6,8,14H,7H2,1H3. The van der Waals surface area contributed by atoms with Gasteiger partial charge in [0.25, 0.3) is 0 Å². The minimum Gasteiger partial charge on any atom is -0.422 e. The van der Waals surface area contributed by atoms with E-state index in [0.29, 0.717) is 16.9 Å². The van der Waals surface area contributed by atoms with Gasteiger partial charge in [-0.05, 0) is 19.1 Å². The summed E-state index contributed by atoms with van der Waals surface area (Å²) >= 11 is 1.63. The number of hydrogen-bond donors (Lipinski definition) is 0. The van der Waals surface area contributed by atoms with E-state index in [1.54, 1.807) is 17.8 Å². The maximum absolute atomic E-state index is 12.0. The molecular formula is C14H12N2O2S. The van der Waals surface area contributed by atoms with Crippen molar-refractivity contribution in [2.24, 2.45) is 9.98 Å². The predicted molar refractivity (Wildman–Crippen MR) is 79.4 cm³/mol. The molecule has 0 saturated heterocycles. The highest BCUT2D eigenvalue weighted by Crippen LogP contribution is 2.19. The zero-order valence-electron chi connectivity index (χ0n) is 10.4. The van der Waals surface area contributed by atoms with Crippen LogP contribution in [-0.4, -0.2) is 23.2 Å². The predicted octanol–water partition coefficient (Wildman–Crippen LogP) is 2.70. The molecule has 0 amide bonds. The lowest BCUT2D eigenvalue weighted by Gasteiger charge is -2.04. The number of benzene rings is 1. The van der Waals surface area contributed by atoms with E-state index in [4.69, 9.17) is 4.42 Å². The molecule has 19 heavy (non-hydrogen) atoms. The van der Waals surface area contributed by atoms with Crippen LogP contribution in [0.25, 0.3) is 11.0 Å². The molecule has 0 N–H and O–H groups in total. The Morgan fingerprint density at radius 2 is 2.32 bits per heavy atom. The highest BCUT2D eigenvalue weighted by Gasteiger charge is 2.12. The van der Waals surface area contributed by atoms with Crippen LogP contribution in [-0.2, 0) is 0 Å². The second-order valence-electron chi connectivity index (χ2n) is 4.19. The van der Waals surface area contributed by atoms with Gasteiger partial charge >= 0.3 is 5.63 Å². The molecule has 3 rings (SSSR count). The Labute approximate surface area is 114 Å². The lowest BCUT2D eigenvalue weighted by molar-refractivity contribution is 0.559. The van der Waals surface area contributed by atoms with Gasteiger partial charge in [0.15, 0.2) is 5.50 Å². The topological polar surface area (TPSA) is 54.9 Å². The number of aliphatic imine (C=N–C) groups is 2. The summed E-state index contributed by atoms with van der Waals surface area (Å²) < 4.78 is 5.30. The van der Waals surface area contributed by atoms with Crippen LogP contribution in [0.15, 0.2) is 49.5 Å². The summed E-state index contributed by atoms with van der Waals surface area (Å²) in [5.41, 5.74) is 1.27. The Hall–Kier alpha value is -1.88. The number of para-hydroxylation sites is 1. The number of fused-ring (bicyclic) bond motifs is 1. The van der Waals surface area contributed by atoms with Gasteiger partial charge in [-0.2, -0.15) is 0 Å². The SMILES string of the molecule is CC(=NC1N=CCS1)c1cc2ccccc2oc1=O. The highest BCUT2D eigenvalue weighted by molar-refractivity contribution is 8.00. The summed E-state index contributed by atoms with van der Waals surface area (Å²) in [6, 6.07) is 9.27. The third-order valence-corrected chi connectivity index (χ3v) is 3.75. The molecule has 1 atom stereocenters. The average Bonchev–Trinajstić information content (AvgIpc) is 2.90. The maximum Gasteiger partial charge on any atom is 0.345 e. The second kappa shape index (κ2) is 5.01. The Morgan fingerprint density at radius 3 is 3.11 bits per heavy atom. The molecule has 0 fully saturated rings. The third-order valence-electron chi connectivity index (χ3n) is 2.89. The van der Waals surface area contributed by atoms with Gasteiger partial charge in [0, 0.05) is 23.1 Å². The number of rotatable bonds is 2. The number of thioether (sulfide) groups is 1. The van der Waals surface area contributed by atoms with Gasteiger partial charge < -0.3 is 4.42 Å². The van der Waals surface area contributed by atoms with Crippen molar-refractivity contribution in [3.05, 3.63) is 46.3 Å². The number of hydrogen-bond acceptors (Lipinski definition) is 5. The van der Waals surface area contributed by atoms with E-state index >= 15 is 0 Å². The van der Waals surface area contributed by atoms with Crippen molar-refractivity contribution < 1.29 is 4.42 Å². The molecule has 2 heterocycles. The molecule has 4 nitrogen and oxygen atoms in total. The van der Waals surface area contributed by atoms with Crippen LogP contribution < -0.4 is 5.63 Å². The maximum atomic E-state index is 12.0. The lowest BCUT2D eigenvalue weighted by Crippen LogP contribution is -2.13. The molecular weight excluding hydrogens is 260 g/mol. The van der Waals surface area contributed by atoms with E-state index in [0.717, 1.165) is 11.1 Å². The van der Waals surface area contributed by atoms with Crippen molar-refractivity contribution in [3.8, 4) is 0 Å². The summed E-state index contributed by atoms with van der Waals surface area (Å²) in [4.78, 5) is 20.6. The fourth-order valence-electron chi connectivity index (χ4n) is 1.93. The van der Waals surface area contributed by atoms with Crippen molar-refractivity contribution in [1.29, 1.82) is 0 Å². The van der Waals surface area contributed by atoms with Gasteiger partial charge in [0.2, 0.25) is 0 Å². The Balaban J connectivity index is 2.06. The van der Waals surface area contributed by atoms with E-state index in [1.165, 1.54) is 0 Å². The normalized spacial score (nSPS) is 19.2. The molecule has 96 valence electrons. The molecule has 1 unspecified atom stereocenters. The fourth-order valence-corrected chi connectivity index (χ4v) is 2.67. The molecule has 1 aromatic carbocycles. The summed E-state index contributed by atoms with van der Waals surface area (Å²) in [6.07, 6.45) is 1.84. The molecule has 0 aliphatic carbocycles. The molecule has 2 aromatic rings. The number of nitrogens with zero attached hydrogens (tertiary/aromatic N) is 2. The molecule has 5 heteroatoms. The van der Waals surface area contributed by atoms with Crippen LogP contribution in [0.2, 0.25) is 0 Å². The van der Waals surface area contributed by atoms with Gasteiger partial charge in [0.05, 0.1) is 5.56 Å². The molecule has 0 radical (unpaired) electrons. The highest BCUT2D eigenvalue weighted by atomic mass is 32.2. The first-order valence-electron chi connectivity index (χ1n) is 5.95. The molecule has 1 aromatic heterocycles. The van der Waals surface area contributed by atoms with E-state index in [2.05, 4.69) is 9.98 Å². The van der Waals surface area contributed by atoms with Gasteiger partial charge in [0.1, 0.15) is 5.58 Å². The van der Waals surface area contributed by atoms with Crippen molar-refractivity contribution in [2.75, 3.05) is 5.75 Å². The smallest absolute Gasteiger partial charge is 0.345 e. The van der Waals surface area contributed by atoms with Gasteiger partial charge in [-0.15, -0.1) is 11.8 Å². The van der Waals surface area contributed by atoms with Gasteiger partial charge in [-0.1, -0.05) is 18.2 Å². The van der Waals surface area contributed by atoms with Gasteiger partial charge in [-0.3, -0.25) is 9.98 Å². The lowest BCUT2D eigenvalue weighted by atomic mass is 10.1. The summed E-state index contributed by atoms with van der Waals surface area (Å²) in [7, 11) is 0. The van der Waals surface area contributed by atoms with Crippen molar-refractivity contribution >= 4 is 34.7 Å².